The highest BCUT2D eigenvalue weighted by Gasteiger charge is 2.20. The van der Waals surface area contributed by atoms with Crippen LogP contribution < -0.4 is 5.56 Å². The molecule has 19 heavy (non-hydrogen) atoms. The molecule has 0 amide bonds. The summed E-state index contributed by atoms with van der Waals surface area (Å²) in [4.78, 5) is 25.7. The van der Waals surface area contributed by atoms with Gasteiger partial charge < -0.3 is 14.8 Å². The highest BCUT2D eigenvalue weighted by molar-refractivity contribution is 5.94. The number of hydrogen-bond donors (Lipinski definition) is 2. The van der Waals surface area contributed by atoms with Crippen molar-refractivity contribution in [3.8, 4) is 16.9 Å². The summed E-state index contributed by atoms with van der Waals surface area (Å²) in [6.07, 6.45) is 1.37. The molecule has 0 bridgehead atoms. The van der Waals surface area contributed by atoms with Crippen LogP contribution in [0.5, 0.6) is 5.75 Å². The number of carbonyl (C=O) groups excluding carboxylic acids is 1. The fourth-order valence-corrected chi connectivity index (χ4v) is 1.75. The van der Waals surface area contributed by atoms with Crippen molar-refractivity contribution in [1.82, 2.24) is 4.98 Å². The molecule has 0 saturated carbocycles. The third-order valence-electron chi connectivity index (χ3n) is 2.63. The van der Waals surface area contributed by atoms with Crippen LogP contribution in [0, 0.1) is 0 Å². The van der Waals surface area contributed by atoms with Gasteiger partial charge in [-0.3, -0.25) is 4.79 Å². The van der Waals surface area contributed by atoms with Gasteiger partial charge in [-0.05, 0) is 12.5 Å². The Morgan fingerprint density at radius 1 is 1.32 bits per heavy atom. The number of hydrogen-bond acceptors (Lipinski definition) is 4. The summed E-state index contributed by atoms with van der Waals surface area (Å²) in [5.74, 6) is -1.20. The molecule has 0 saturated heterocycles. The van der Waals surface area contributed by atoms with Crippen LogP contribution in [-0.2, 0) is 4.74 Å². The number of pyridine rings is 1. The maximum atomic E-state index is 11.7. The predicted molar refractivity (Wildman–Crippen MR) is 70.1 cm³/mol. The fourth-order valence-electron chi connectivity index (χ4n) is 1.75. The highest BCUT2D eigenvalue weighted by atomic mass is 16.5. The van der Waals surface area contributed by atoms with Gasteiger partial charge in [-0.15, -0.1) is 0 Å². The second-order valence-electron chi connectivity index (χ2n) is 3.84. The van der Waals surface area contributed by atoms with Crippen molar-refractivity contribution in [3.05, 3.63) is 52.4 Å². The van der Waals surface area contributed by atoms with Gasteiger partial charge in [-0.1, -0.05) is 30.3 Å². The number of aromatic amines is 1. The number of benzene rings is 1. The smallest absolute Gasteiger partial charge is 0.347 e. The second-order valence-corrected chi connectivity index (χ2v) is 3.84. The Balaban J connectivity index is 2.58. The monoisotopic (exact) mass is 259 g/mol. The summed E-state index contributed by atoms with van der Waals surface area (Å²) in [6.45, 7) is 1.76. The Morgan fingerprint density at radius 2 is 2.00 bits per heavy atom. The van der Waals surface area contributed by atoms with Crippen LogP contribution in [0.15, 0.2) is 41.3 Å². The van der Waals surface area contributed by atoms with Crippen molar-refractivity contribution >= 4 is 5.97 Å². The van der Waals surface area contributed by atoms with Crippen molar-refractivity contribution in [2.24, 2.45) is 0 Å². The lowest BCUT2D eigenvalue weighted by molar-refractivity contribution is 0.0521. The Labute approximate surface area is 109 Å². The van der Waals surface area contributed by atoms with E-state index in [0.717, 1.165) is 0 Å². The SMILES string of the molecule is CCOC(=O)c1c(O)c(-c2ccccc2)c[nH]c1=O. The molecule has 0 unspecified atom stereocenters. The molecule has 2 aromatic rings. The molecule has 98 valence electrons. The first-order valence-electron chi connectivity index (χ1n) is 5.82. The Morgan fingerprint density at radius 3 is 2.63 bits per heavy atom. The summed E-state index contributed by atoms with van der Waals surface area (Å²) in [7, 11) is 0. The van der Waals surface area contributed by atoms with Crippen molar-refractivity contribution in [2.75, 3.05) is 6.61 Å². The normalized spacial score (nSPS) is 10.2. The first kappa shape index (κ1) is 12.9. The maximum Gasteiger partial charge on any atom is 0.347 e. The number of carbonyl (C=O) groups is 1. The minimum Gasteiger partial charge on any atom is -0.506 e. The summed E-state index contributed by atoms with van der Waals surface area (Å²) >= 11 is 0. The van der Waals surface area contributed by atoms with E-state index in [0.29, 0.717) is 11.1 Å². The zero-order valence-electron chi connectivity index (χ0n) is 10.3. The Kier molecular flexibility index (Phi) is 3.66. The van der Waals surface area contributed by atoms with Crippen molar-refractivity contribution < 1.29 is 14.6 Å². The quantitative estimate of drug-likeness (QED) is 0.825. The molecule has 5 nitrogen and oxygen atoms in total. The van der Waals surface area contributed by atoms with Crippen LogP contribution in [0.25, 0.3) is 11.1 Å². The molecule has 1 aromatic heterocycles. The van der Waals surface area contributed by atoms with E-state index in [2.05, 4.69) is 4.98 Å². The van der Waals surface area contributed by atoms with Gasteiger partial charge in [-0.2, -0.15) is 0 Å². The van der Waals surface area contributed by atoms with Crippen LogP contribution in [-0.4, -0.2) is 22.7 Å². The molecular weight excluding hydrogens is 246 g/mol. The summed E-state index contributed by atoms with van der Waals surface area (Å²) < 4.78 is 4.76. The first-order chi connectivity index (χ1) is 9.15. The number of aromatic hydroxyl groups is 1. The topological polar surface area (TPSA) is 79.4 Å². The standard InChI is InChI=1S/C14H13NO4/c1-2-19-14(18)11-12(16)10(8-15-13(11)17)9-6-4-3-5-7-9/h3-8H,2H2,1H3,(H2,15,16,17). The first-order valence-corrected chi connectivity index (χ1v) is 5.82. The molecule has 0 aliphatic heterocycles. The molecule has 2 N–H and O–H groups in total. The molecule has 0 aliphatic carbocycles. The van der Waals surface area contributed by atoms with Gasteiger partial charge in [0.25, 0.3) is 5.56 Å². The van der Waals surface area contributed by atoms with E-state index in [-0.39, 0.29) is 17.9 Å². The number of rotatable bonds is 3. The molecule has 5 heteroatoms. The average Bonchev–Trinajstić information content (AvgIpc) is 2.40. The minimum absolute atomic E-state index is 0.132. The van der Waals surface area contributed by atoms with Gasteiger partial charge in [0, 0.05) is 11.8 Å². The van der Waals surface area contributed by atoms with Crippen LogP contribution in [0.3, 0.4) is 0 Å². The van der Waals surface area contributed by atoms with Gasteiger partial charge >= 0.3 is 5.97 Å². The van der Waals surface area contributed by atoms with Crippen LogP contribution in [0.4, 0.5) is 0 Å². The number of ether oxygens (including phenoxy) is 1. The zero-order valence-corrected chi connectivity index (χ0v) is 10.3. The Hall–Kier alpha value is -2.56. The Bertz CT molecular complexity index is 646. The molecular formula is C14H13NO4. The van der Waals surface area contributed by atoms with E-state index in [1.165, 1.54) is 6.20 Å². The summed E-state index contributed by atoms with van der Waals surface area (Å²) in [6, 6.07) is 8.96. The predicted octanol–water partition coefficient (Wildman–Crippen LogP) is 1.92. The lowest BCUT2D eigenvalue weighted by atomic mass is 10.0. The summed E-state index contributed by atoms with van der Waals surface area (Å²) in [5.41, 5.74) is 0.0314. The largest absolute Gasteiger partial charge is 0.506 e. The average molecular weight is 259 g/mol. The van der Waals surface area contributed by atoms with E-state index in [4.69, 9.17) is 4.74 Å². The highest BCUT2D eigenvalue weighted by Crippen LogP contribution is 2.29. The molecule has 0 radical (unpaired) electrons. The molecule has 0 aliphatic rings. The lowest BCUT2D eigenvalue weighted by Gasteiger charge is -2.08. The fraction of sp³-hybridized carbons (Fsp3) is 0.143. The molecule has 1 heterocycles. The van der Waals surface area contributed by atoms with Gasteiger partial charge in [0.2, 0.25) is 0 Å². The third kappa shape index (κ3) is 2.49. The minimum atomic E-state index is -0.834. The van der Waals surface area contributed by atoms with Crippen LogP contribution >= 0.6 is 0 Å². The molecule has 0 fully saturated rings. The number of esters is 1. The van der Waals surface area contributed by atoms with E-state index in [1.54, 1.807) is 31.2 Å². The molecule has 2 rings (SSSR count). The van der Waals surface area contributed by atoms with Crippen molar-refractivity contribution in [1.29, 1.82) is 0 Å². The van der Waals surface area contributed by atoms with Crippen molar-refractivity contribution in [3.63, 3.8) is 0 Å². The van der Waals surface area contributed by atoms with Crippen LogP contribution in [0.1, 0.15) is 17.3 Å². The second kappa shape index (κ2) is 5.39. The van der Waals surface area contributed by atoms with Gasteiger partial charge in [0.05, 0.1) is 6.61 Å². The molecule has 0 atom stereocenters. The third-order valence-corrected chi connectivity index (χ3v) is 2.63. The van der Waals surface area contributed by atoms with E-state index >= 15 is 0 Å². The maximum absolute atomic E-state index is 11.7. The molecule has 1 aromatic carbocycles. The van der Waals surface area contributed by atoms with Crippen LogP contribution in [0.2, 0.25) is 0 Å². The number of nitrogens with one attached hydrogen (secondary N) is 1. The van der Waals surface area contributed by atoms with Gasteiger partial charge in [0.15, 0.2) is 5.56 Å². The van der Waals surface area contributed by atoms with E-state index in [9.17, 15) is 14.7 Å². The van der Waals surface area contributed by atoms with Gasteiger partial charge in [0.1, 0.15) is 5.75 Å². The lowest BCUT2D eigenvalue weighted by Crippen LogP contribution is -2.20. The summed E-state index contributed by atoms with van der Waals surface area (Å²) in [5, 5.41) is 10.1. The van der Waals surface area contributed by atoms with E-state index < -0.39 is 11.5 Å². The molecule has 0 spiro atoms. The zero-order chi connectivity index (χ0) is 13.8. The number of aromatic nitrogens is 1. The van der Waals surface area contributed by atoms with E-state index in [1.807, 2.05) is 6.07 Å². The number of H-pyrrole nitrogens is 1. The van der Waals surface area contributed by atoms with Crippen molar-refractivity contribution in [2.45, 2.75) is 6.92 Å². The van der Waals surface area contributed by atoms with Gasteiger partial charge in [-0.25, -0.2) is 4.79 Å².